The van der Waals surface area contributed by atoms with Gasteiger partial charge < -0.3 is 15.0 Å². The Labute approximate surface area is 266 Å². The Bertz CT molecular complexity index is 1980. The van der Waals surface area contributed by atoms with Crippen molar-refractivity contribution in [1.29, 1.82) is 0 Å². The molecule has 2 atom stereocenters. The molecule has 1 saturated heterocycles. The molecule has 0 saturated carbocycles. The summed E-state index contributed by atoms with van der Waals surface area (Å²) < 4.78 is 71.5. The number of hydrogen-bond donors (Lipinski definition) is 2. The topological polar surface area (TPSA) is 153 Å². The number of carbonyl (C=O) groups excluding carboxylic acids is 1. The molecule has 1 aliphatic heterocycles. The van der Waals surface area contributed by atoms with Crippen LogP contribution in [0.25, 0.3) is 10.9 Å². The molecule has 3 aromatic heterocycles. The van der Waals surface area contributed by atoms with Crippen molar-refractivity contribution in [3.8, 4) is 5.75 Å². The molecule has 4 heterocycles. The van der Waals surface area contributed by atoms with Gasteiger partial charge in [-0.1, -0.05) is 17.7 Å². The van der Waals surface area contributed by atoms with E-state index < -0.39 is 34.7 Å². The Morgan fingerprint density at radius 1 is 1.24 bits per heavy atom. The quantitative estimate of drug-likeness (QED) is 0.251. The first-order chi connectivity index (χ1) is 21.5. The number of pyridine rings is 1. The monoisotopic (exact) mass is 682 g/mol. The number of benzene rings is 1. The van der Waals surface area contributed by atoms with E-state index >= 15 is 0 Å². The average molecular weight is 683 g/mol. The second-order valence-electron chi connectivity index (χ2n) is 11.1. The molecule has 5 rings (SSSR count). The van der Waals surface area contributed by atoms with Crippen molar-refractivity contribution in [2.45, 2.75) is 45.1 Å². The summed E-state index contributed by atoms with van der Waals surface area (Å²) in [5.41, 5.74) is 1.49. The molecule has 0 aliphatic carbocycles. The van der Waals surface area contributed by atoms with Crippen molar-refractivity contribution in [2.75, 3.05) is 29.6 Å². The first-order valence-corrected chi connectivity index (χ1v) is 16.2. The maximum atomic E-state index is 13.6. The van der Waals surface area contributed by atoms with Gasteiger partial charge in [0.1, 0.15) is 17.8 Å². The minimum atomic E-state index is -4.41. The average Bonchev–Trinajstić information content (AvgIpc) is 3.59. The fraction of sp³-hybridized carbons (Fsp3) is 0.393. The number of nitrogens with one attached hydrogen (secondary N) is 2. The van der Waals surface area contributed by atoms with Crippen molar-refractivity contribution in [1.82, 2.24) is 29.0 Å². The van der Waals surface area contributed by atoms with E-state index in [0.717, 1.165) is 16.5 Å². The molecule has 0 unspecified atom stereocenters. The summed E-state index contributed by atoms with van der Waals surface area (Å²) >= 11 is 6.00. The zero-order valence-electron chi connectivity index (χ0n) is 25.1. The predicted molar refractivity (Wildman–Crippen MR) is 165 cm³/mol. The number of nitrogens with zero attached hydrogens (tertiary/aromatic N) is 6. The van der Waals surface area contributed by atoms with Crippen LogP contribution in [0.4, 0.5) is 24.8 Å². The van der Waals surface area contributed by atoms with Crippen molar-refractivity contribution in [3.05, 3.63) is 69.0 Å². The first-order valence-electron chi connectivity index (χ1n) is 13.9. The molecule has 0 radical (unpaired) electrons. The van der Waals surface area contributed by atoms with Crippen molar-refractivity contribution in [3.63, 3.8) is 0 Å². The van der Waals surface area contributed by atoms with Crippen molar-refractivity contribution in [2.24, 2.45) is 7.05 Å². The van der Waals surface area contributed by atoms with E-state index in [1.54, 1.807) is 20.0 Å². The van der Waals surface area contributed by atoms with Crippen LogP contribution in [-0.2, 0) is 23.6 Å². The predicted octanol–water partition coefficient (Wildman–Crippen LogP) is 3.57. The lowest BCUT2D eigenvalue weighted by atomic mass is 10.0. The number of amides is 1. The molecule has 1 fully saturated rings. The molecule has 0 bridgehead atoms. The van der Waals surface area contributed by atoms with Crippen LogP contribution in [0.3, 0.4) is 0 Å². The van der Waals surface area contributed by atoms with Gasteiger partial charge in [0.25, 0.3) is 11.5 Å². The highest BCUT2D eigenvalue weighted by Crippen LogP contribution is 2.30. The van der Waals surface area contributed by atoms with Gasteiger partial charge in [0, 0.05) is 25.6 Å². The van der Waals surface area contributed by atoms with E-state index in [1.165, 1.54) is 29.1 Å². The number of fused-ring (bicyclic) bond motifs is 1. The Morgan fingerprint density at radius 3 is 2.67 bits per heavy atom. The maximum Gasteiger partial charge on any atom is 0.408 e. The van der Waals surface area contributed by atoms with Crippen LogP contribution in [0.2, 0.25) is 5.15 Å². The number of aryl methyl sites for hydroxylation is 1. The van der Waals surface area contributed by atoms with Gasteiger partial charge in [0.15, 0.2) is 11.4 Å². The lowest BCUT2D eigenvalue weighted by molar-refractivity contribution is -0.142. The summed E-state index contributed by atoms with van der Waals surface area (Å²) in [4.78, 5) is 37.1. The molecule has 246 valence electrons. The van der Waals surface area contributed by atoms with Gasteiger partial charge in [-0.2, -0.15) is 18.3 Å². The highest BCUT2D eigenvalue weighted by Gasteiger charge is 2.31. The third-order valence-corrected chi connectivity index (χ3v) is 7.97. The highest BCUT2D eigenvalue weighted by molar-refractivity contribution is 7.89. The van der Waals surface area contributed by atoms with Crippen LogP contribution in [0.1, 0.15) is 41.0 Å². The third-order valence-electron chi connectivity index (χ3n) is 7.20. The Kier molecular flexibility index (Phi) is 8.92. The van der Waals surface area contributed by atoms with Gasteiger partial charge in [-0.3, -0.25) is 18.8 Å². The van der Waals surface area contributed by atoms with E-state index in [1.807, 2.05) is 22.6 Å². The molecule has 13 nitrogen and oxygen atoms in total. The van der Waals surface area contributed by atoms with Crippen LogP contribution in [0.5, 0.6) is 5.75 Å². The van der Waals surface area contributed by atoms with Gasteiger partial charge >= 0.3 is 6.18 Å². The fourth-order valence-corrected chi connectivity index (χ4v) is 5.86. The number of halogens is 4. The summed E-state index contributed by atoms with van der Waals surface area (Å²) in [6.07, 6.45) is -1.01. The molecule has 2 N–H and O–H groups in total. The van der Waals surface area contributed by atoms with E-state index in [4.69, 9.17) is 21.3 Å². The summed E-state index contributed by atoms with van der Waals surface area (Å²) in [5, 5.41) is 7.24. The normalized spacial score (nSPS) is 16.1. The molecule has 0 spiro atoms. The molecule has 46 heavy (non-hydrogen) atoms. The number of carbonyl (C=O) groups is 1. The van der Waals surface area contributed by atoms with E-state index in [-0.39, 0.29) is 33.9 Å². The van der Waals surface area contributed by atoms with Crippen LogP contribution < -0.4 is 25.2 Å². The highest BCUT2D eigenvalue weighted by atomic mass is 35.5. The zero-order chi connectivity index (χ0) is 33.6. The first kappa shape index (κ1) is 33.0. The Balaban J connectivity index is 1.43. The SMILES string of the molecule is Cc1cc([C@@H](C)Nc2ccc(Cl)nc2C(=O)NS(C)(=O)=O)c2nc(N3CC[C@@H](Oc4cnn(CC(F)(F)F)c4)C3)n(C)c(=O)c2c1. The Hall–Kier alpha value is -4.38. The molecule has 4 aromatic rings. The number of rotatable bonds is 9. The minimum Gasteiger partial charge on any atom is -0.485 e. The van der Waals surface area contributed by atoms with Gasteiger partial charge in [-0.05, 0) is 37.6 Å². The molecular weight excluding hydrogens is 653 g/mol. The summed E-state index contributed by atoms with van der Waals surface area (Å²) in [5.74, 6) is -0.396. The number of anilines is 2. The fourth-order valence-electron chi connectivity index (χ4n) is 5.28. The van der Waals surface area contributed by atoms with Crippen LogP contribution in [0.15, 0.2) is 41.5 Å². The second kappa shape index (κ2) is 12.4. The molecular formula is C28H30ClF3N8O5S. The van der Waals surface area contributed by atoms with E-state index in [0.29, 0.717) is 41.9 Å². The lowest BCUT2D eigenvalue weighted by Gasteiger charge is -2.23. The number of aromatic nitrogens is 5. The van der Waals surface area contributed by atoms with Gasteiger partial charge in [0.05, 0.1) is 47.8 Å². The van der Waals surface area contributed by atoms with Gasteiger partial charge in [-0.15, -0.1) is 0 Å². The van der Waals surface area contributed by atoms with Gasteiger partial charge in [-0.25, -0.2) is 23.1 Å². The molecule has 1 aliphatic rings. The summed E-state index contributed by atoms with van der Waals surface area (Å²) in [7, 11) is -2.28. The minimum absolute atomic E-state index is 0.0179. The van der Waals surface area contributed by atoms with Crippen molar-refractivity contribution < 1.29 is 31.1 Å². The zero-order valence-corrected chi connectivity index (χ0v) is 26.7. The van der Waals surface area contributed by atoms with Crippen LogP contribution in [-0.4, -0.2) is 70.3 Å². The number of alkyl halides is 3. The van der Waals surface area contributed by atoms with Gasteiger partial charge in [0.2, 0.25) is 16.0 Å². The van der Waals surface area contributed by atoms with E-state index in [9.17, 15) is 31.2 Å². The smallest absolute Gasteiger partial charge is 0.408 e. The third kappa shape index (κ3) is 7.52. The molecule has 1 aromatic carbocycles. The van der Waals surface area contributed by atoms with Crippen LogP contribution in [0, 0.1) is 6.92 Å². The Morgan fingerprint density at radius 2 is 1.98 bits per heavy atom. The number of sulfonamides is 1. The van der Waals surface area contributed by atoms with Crippen LogP contribution >= 0.6 is 11.6 Å². The maximum absolute atomic E-state index is 13.6. The molecule has 1 amide bonds. The standard InChI is InChI=1S/C28H30ClF3N8O5S/c1-15-9-19(16(2)34-21-5-6-22(29)35-24(21)25(41)37-46(4,43)44)23-20(10-15)26(42)38(3)27(36-23)39-8-7-17(12-39)45-18-11-33-40(13-18)14-28(30,31)32/h5-6,9-11,13,16-17,34H,7-8,12,14H2,1-4H3,(H,37,41)/t16-,17-/m1/s1. The number of ether oxygens (including phenoxy) is 1. The largest absolute Gasteiger partial charge is 0.485 e. The molecule has 18 heteroatoms. The van der Waals surface area contributed by atoms with Crippen molar-refractivity contribution >= 4 is 50.1 Å². The summed E-state index contributed by atoms with van der Waals surface area (Å²) in [6.45, 7) is 3.18. The number of hydrogen-bond acceptors (Lipinski definition) is 10. The lowest BCUT2D eigenvalue weighted by Crippen LogP contribution is -2.32. The summed E-state index contributed by atoms with van der Waals surface area (Å²) in [6, 6.07) is 5.97. The second-order valence-corrected chi connectivity index (χ2v) is 13.2. The van der Waals surface area contributed by atoms with E-state index in [2.05, 4.69) is 15.4 Å².